The molecular weight excluding hydrogens is 441 g/mol. The molecule has 9 heteroatoms. The number of carbonyl (C=O) groups excluding carboxylic acids is 1. The van der Waals surface area contributed by atoms with Crippen molar-refractivity contribution in [3.8, 4) is 17.1 Å². The van der Waals surface area contributed by atoms with Crippen LogP contribution in [0.4, 0.5) is 4.39 Å². The van der Waals surface area contributed by atoms with E-state index in [1.54, 1.807) is 12.1 Å². The van der Waals surface area contributed by atoms with Crippen molar-refractivity contribution in [1.29, 1.82) is 0 Å². The number of halogens is 1. The molecule has 1 fully saturated rings. The SMILES string of the molecule is CC(C)(CNC(=O)CSc1nnc(-c2ccc(F)cc2)n1-c1ccccc1)N1CCOCC1. The van der Waals surface area contributed by atoms with Crippen LogP contribution in [0.2, 0.25) is 0 Å². The maximum absolute atomic E-state index is 13.4. The van der Waals surface area contributed by atoms with Gasteiger partial charge in [-0.1, -0.05) is 30.0 Å². The van der Waals surface area contributed by atoms with Gasteiger partial charge in [-0.05, 0) is 50.2 Å². The van der Waals surface area contributed by atoms with E-state index in [0.717, 1.165) is 37.6 Å². The molecule has 0 unspecified atom stereocenters. The van der Waals surface area contributed by atoms with Gasteiger partial charge in [0.25, 0.3) is 0 Å². The lowest BCUT2D eigenvalue weighted by molar-refractivity contribution is -0.119. The monoisotopic (exact) mass is 469 g/mol. The fourth-order valence-corrected chi connectivity index (χ4v) is 4.52. The van der Waals surface area contributed by atoms with Crippen LogP contribution >= 0.6 is 11.8 Å². The van der Waals surface area contributed by atoms with E-state index in [1.807, 2.05) is 34.9 Å². The van der Waals surface area contributed by atoms with Crippen molar-refractivity contribution in [2.45, 2.75) is 24.5 Å². The van der Waals surface area contributed by atoms with Gasteiger partial charge in [0, 0.05) is 36.4 Å². The Bertz CT molecular complexity index is 1070. The third-order valence-electron chi connectivity index (χ3n) is 5.67. The van der Waals surface area contributed by atoms with Gasteiger partial charge in [0.05, 0.1) is 19.0 Å². The van der Waals surface area contributed by atoms with Crippen LogP contribution in [0.3, 0.4) is 0 Å². The number of ether oxygens (including phenoxy) is 1. The van der Waals surface area contributed by atoms with E-state index < -0.39 is 0 Å². The Labute approximate surface area is 197 Å². The second kappa shape index (κ2) is 10.5. The van der Waals surface area contributed by atoms with Gasteiger partial charge in [0.2, 0.25) is 5.91 Å². The lowest BCUT2D eigenvalue weighted by Gasteiger charge is -2.40. The van der Waals surface area contributed by atoms with Crippen LogP contribution in [0.25, 0.3) is 17.1 Å². The van der Waals surface area contributed by atoms with Crippen molar-refractivity contribution >= 4 is 17.7 Å². The largest absolute Gasteiger partial charge is 0.379 e. The molecule has 1 saturated heterocycles. The molecule has 0 bridgehead atoms. The zero-order chi connectivity index (χ0) is 23.3. The zero-order valence-corrected chi connectivity index (χ0v) is 19.6. The number of hydrogen-bond donors (Lipinski definition) is 1. The number of carbonyl (C=O) groups is 1. The minimum Gasteiger partial charge on any atom is -0.379 e. The summed E-state index contributed by atoms with van der Waals surface area (Å²) in [6.45, 7) is 7.99. The highest BCUT2D eigenvalue weighted by atomic mass is 32.2. The number of rotatable bonds is 8. The third kappa shape index (κ3) is 5.79. The molecule has 0 spiro atoms. The smallest absolute Gasteiger partial charge is 0.230 e. The number of amides is 1. The first kappa shape index (κ1) is 23.4. The molecule has 0 atom stereocenters. The molecule has 33 heavy (non-hydrogen) atoms. The fraction of sp³-hybridized carbons (Fsp3) is 0.375. The van der Waals surface area contributed by atoms with Crippen molar-refractivity contribution in [3.63, 3.8) is 0 Å². The van der Waals surface area contributed by atoms with Gasteiger partial charge >= 0.3 is 0 Å². The van der Waals surface area contributed by atoms with E-state index >= 15 is 0 Å². The molecule has 2 heterocycles. The van der Waals surface area contributed by atoms with Crippen molar-refractivity contribution in [3.05, 3.63) is 60.4 Å². The number of thioether (sulfide) groups is 1. The minimum absolute atomic E-state index is 0.0627. The summed E-state index contributed by atoms with van der Waals surface area (Å²) >= 11 is 1.32. The highest BCUT2D eigenvalue weighted by Gasteiger charge is 2.28. The molecule has 1 aliphatic heterocycles. The van der Waals surface area contributed by atoms with Crippen LogP contribution in [-0.2, 0) is 9.53 Å². The zero-order valence-electron chi connectivity index (χ0n) is 18.8. The summed E-state index contributed by atoms with van der Waals surface area (Å²) in [5, 5.41) is 12.3. The van der Waals surface area contributed by atoms with Crippen LogP contribution in [-0.4, -0.2) is 69.7 Å². The standard InChI is InChI=1S/C24H28FN5O2S/c1-24(2,29-12-14-32-15-13-29)17-26-21(31)16-33-23-28-27-22(18-8-10-19(25)11-9-18)30(23)20-6-4-3-5-7-20/h3-11H,12-17H2,1-2H3,(H,26,31). The quantitative estimate of drug-likeness (QED) is 0.510. The molecule has 0 saturated carbocycles. The van der Waals surface area contributed by atoms with Gasteiger partial charge in [-0.15, -0.1) is 10.2 Å². The van der Waals surface area contributed by atoms with Crippen LogP contribution in [0.5, 0.6) is 0 Å². The van der Waals surface area contributed by atoms with Gasteiger partial charge < -0.3 is 10.1 Å². The van der Waals surface area contributed by atoms with Gasteiger partial charge in [-0.25, -0.2) is 4.39 Å². The van der Waals surface area contributed by atoms with Gasteiger partial charge in [0.15, 0.2) is 11.0 Å². The van der Waals surface area contributed by atoms with Crippen molar-refractivity contribution in [2.24, 2.45) is 0 Å². The summed E-state index contributed by atoms with van der Waals surface area (Å²) in [7, 11) is 0. The highest BCUT2D eigenvalue weighted by Crippen LogP contribution is 2.28. The molecule has 3 aromatic rings. The summed E-state index contributed by atoms with van der Waals surface area (Å²) in [5.74, 6) is 0.439. The highest BCUT2D eigenvalue weighted by molar-refractivity contribution is 7.99. The number of benzene rings is 2. The molecule has 7 nitrogen and oxygen atoms in total. The second-order valence-electron chi connectivity index (χ2n) is 8.46. The second-order valence-corrected chi connectivity index (χ2v) is 9.40. The maximum atomic E-state index is 13.4. The maximum Gasteiger partial charge on any atom is 0.230 e. The predicted octanol–water partition coefficient (Wildman–Crippen LogP) is 3.39. The Balaban J connectivity index is 1.45. The Morgan fingerprint density at radius 3 is 2.48 bits per heavy atom. The molecule has 1 N–H and O–H groups in total. The lowest BCUT2D eigenvalue weighted by atomic mass is 10.0. The van der Waals surface area contributed by atoms with Gasteiger partial charge in [0.1, 0.15) is 5.82 Å². The molecule has 0 aliphatic carbocycles. The summed E-state index contributed by atoms with van der Waals surface area (Å²) in [6, 6.07) is 15.8. The topological polar surface area (TPSA) is 72.3 Å². The van der Waals surface area contributed by atoms with E-state index in [0.29, 0.717) is 17.5 Å². The lowest BCUT2D eigenvalue weighted by Crippen LogP contribution is -2.55. The number of nitrogens with one attached hydrogen (secondary N) is 1. The number of nitrogens with zero attached hydrogens (tertiary/aromatic N) is 4. The Morgan fingerprint density at radius 2 is 1.79 bits per heavy atom. The van der Waals surface area contributed by atoms with Crippen LogP contribution in [0.15, 0.2) is 59.8 Å². The average molecular weight is 470 g/mol. The Morgan fingerprint density at radius 1 is 1.09 bits per heavy atom. The fourth-order valence-electron chi connectivity index (χ4n) is 3.74. The summed E-state index contributed by atoms with van der Waals surface area (Å²) < 4.78 is 20.7. The van der Waals surface area contributed by atoms with Crippen LogP contribution < -0.4 is 5.32 Å². The van der Waals surface area contributed by atoms with E-state index in [9.17, 15) is 9.18 Å². The first-order valence-electron chi connectivity index (χ1n) is 10.9. The number of hydrogen-bond acceptors (Lipinski definition) is 6. The Hall–Kier alpha value is -2.75. The average Bonchev–Trinajstić information content (AvgIpc) is 3.27. The van der Waals surface area contributed by atoms with Crippen molar-refractivity contribution in [1.82, 2.24) is 25.0 Å². The van der Waals surface area contributed by atoms with E-state index in [-0.39, 0.29) is 23.0 Å². The summed E-state index contributed by atoms with van der Waals surface area (Å²) in [5.41, 5.74) is 1.47. The summed E-state index contributed by atoms with van der Waals surface area (Å²) in [6.07, 6.45) is 0. The first-order valence-corrected chi connectivity index (χ1v) is 11.9. The molecule has 4 rings (SSSR count). The normalized spacial score (nSPS) is 14.9. The van der Waals surface area contributed by atoms with Crippen molar-refractivity contribution in [2.75, 3.05) is 38.6 Å². The first-order chi connectivity index (χ1) is 15.9. The van der Waals surface area contributed by atoms with Crippen molar-refractivity contribution < 1.29 is 13.9 Å². The van der Waals surface area contributed by atoms with E-state index in [1.165, 1.54) is 23.9 Å². The van der Waals surface area contributed by atoms with Gasteiger partial charge in [-0.2, -0.15) is 0 Å². The summed E-state index contributed by atoms with van der Waals surface area (Å²) in [4.78, 5) is 15.0. The van der Waals surface area contributed by atoms with Crippen LogP contribution in [0.1, 0.15) is 13.8 Å². The van der Waals surface area contributed by atoms with E-state index in [2.05, 4.69) is 34.3 Å². The molecule has 1 amide bonds. The third-order valence-corrected chi connectivity index (χ3v) is 6.60. The predicted molar refractivity (Wildman–Crippen MR) is 127 cm³/mol. The molecule has 0 radical (unpaired) electrons. The molecule has 2 aromatic carbocycles. The molecule has 174 valence electrons. The molecular formula is C24H28FN5O2S. The minimum atomic E-state index is -0.309. The molecule has 1 aliphatic rings. The molecule has 1 aromatic heterocycles. The number of aromatic nitrogens is 3. The van der Waals surface area contributed by atoms with Gasteiger partial charge in [-0.3, -0.25) is 14.3 Å². The van der Waals surface area contributed by atoms with Crippen LogP contribution in [0, 0.1) is 5.82 Å². The Kier molecular flexibility index (Phi) is 7.42. The van der Waals surface area contributed by atoms with E-state index in [4.69, 9.17) is 4.74 Å². The number of morpholine rings is 1. The number of para-hydroxylation sites is 1.